The molecule has 0 aliphatic carbocycles. The van der Waals surface area contributed by atoms with Crippen molar-refractivity contribution >= 4 is 37.7 Å². The van der Waals surface area contributed by atoms with Crippen molar-refractivity contribution in [2.45, 2.75) is 209 Å². The summed E-state index contributed by atoms with van der Waals surface area (Å²) in [7, 11) is -7.20. The zero-order valence-corrected chi connectivity index (χ0v) is 69.6. The third-order valence-electron chi connectivity index (χ3n) is 20.7. The number of alkyl halides is 18. The van der Waals surface area contributed by atoms with E-state index in [-0.39, 0.29) is 53.7 Å². The van der Waals surface area contributed by atoms with Gasteiger partial charge in [-0.1, -0.05) is 55.8 Å². The molecule has 0 bridgehead atoms. The summed E-state index contributed by atoms with van der Waals surface area (Å²) in [6, 6.07) is 35.2. The molecule has 3 aromatic carbocycles. The van der Waals surface area contributed by atoms with Crippen molar-refractivity contribution in [1.29, 1.82) is 0 Å². The van der Waals surface area contributed by atoms with Crippen molar-refractivity contribution < 1.29 is 129 Å². The number of aliphatic hydroxyl groups is 1. The zero-order chi connectivity index (χ0) is 90.8. The summed E-state index contributed by atoms with van der Waals surface area (Å²) in [6.45, 7) is 11.7. The second-order valence-electron chi connectivity index (χ2n) is 29.9. The first-order chi connectivity index (χ1) is 58.1. The van der Waals surface area contributed by atoms with Gasteiger partial charge in [-0.2, -0.15) is 79.0 Å². The Morgan fingerprint density at radius 1 is 0.419 bits per heavy atom. The molecular weight excluding hydrogens is 1730 g/mol. The Morgan fingerprint density at radius 2 is 0.782 bits per heavy atom. The Kier molecular flexibility index (Phi) is 33.9. The Bertz CT molecular complexity index is 5060. The Labute approximate surface area is 708 Å². The van der Waals surface area contributed by atoms with Gasteiger partial charge in [0.1, 0.15) is 30.1 Å². The van der Waals surface area contributed by atoms with E-state index in [1.54, 1.807) is 48.2 Å². The molecule has 672 valence electrons. The summed E-state index contributed by atoms with van der Waals surface area (Å²) in [4.78, 5) is 34.3. The van der Waals surface area contributed by atoms with Crippen LogP contribution in [0.4, 0.5) is 79.0 Å². The van der Waals surface area contributed by atoms with Crippen molar-refractivity contribution in [2.24, 2.45) is 5.92 Å². The van der Waals surface area contributed by atoms with E-state index in [1.807, 2.05) is 39.0 Å². The lowest BCUT2D eigenvalue weighted by Gasteiger charge is -2.39. The van der Waals surface area contributed by atoms with Crippen LogP contribution in [0.5, 0.6) is 0 Å². The number of ether oxygens (including phenoxy) is 5. The number of aliphatic hydroxyl groups excluding tert-OH is 1. The normalized spacial score (nSPS) is 22.2. The number of pyridine rings is 6. The van der Waals surface area contributed by atoms with Gasteiger partial charge in [-0.3, -0.25) is 34.7 Å². The van der Waals surface area contributed by atoms with Crippen LogP contribution in [0.2, 0.25) is 0 Å². The number of carbonyl (C=O) groups is 1. The minimum absolute atomic E-state index is 0.0111. The van der Waals surface area contributed by atoms with Crippen molar-refractivity contribution in [1.82, 2.24) is 29.9 Å². The highest BCUT2D eigenvalue weighted by atomic mass is 32.2. The molecule has 9 unspecified atom stereocenters. The predicted molar refractivity (Wildman–Crippen MR) is 420 cm³/mol. The van der Waals surface area contributed by atoms with Crippen LogP contribution >= 0.6 is 11.8 Å². The number of carbonyl (C=O) groups excluding carboxylic acids is 1. The summed E-state index contributed by atoms with van der Waals surface area (Å²) < 4.78 is 303. The third-order valence-corrected chi connectivity index (χ3v) is 26.9. The summed E-state index contributed by atoms with van der Waals surface area (Å²) in [6.07, 6.45) is -18.2. The highest BCUT2D eigenvalue weighted by Crippen LogP contribution is 2.46. The lowest BCUT2D eigenvalue weighted by atomic mass is 9.90. The summed E-state index contributed by atoms with van der Waals surface area (Å²) in [5.41, 5.74) is 0.326. The van der Waals surface area contributed by atoms with E-state index in [0.29, 0.717) is 104 Å². The second kappa shape index (κ2) is 42.5. The Hall–Kier alpha value is -9.02. The van der Waals surface area contributed by atoms with Gasteiger partial charge in [0, 0.05) is 86.8 Å². The van der Waals surface area contributed by atoms with Crippen LogP contribution in [-0.2, 0) is 80.4 Å². The fourth-order valence-electron chi connectivity index (χ4n) is 13.7. The molecule has 5 fully saturated rings. The number of sulfone groups is 2. The van der Waals surface area contributed by atoms with Crippen molar-refractivity contribution in [3.63, 3.8) is 0 Å². The Balaban J connectivity index is 0.000000172. The maximum Gasteiger partial charge on any atom is 0.417 e. The summed E-state index contributed by atoms with van der Waals surface area (Å²) >= 11 is 1.80. The third kappa shape index (κ3) is 28.0. The van der Waals surface area contributed by atoms with Crippen LogP contribution in [0.15, 0.2) is 197 Å². The molecule has 0 amide bonds. The lowest BCUT2D eigenvalue weighted by molar-refractivity contribution is -0.138. The maximum atomic E-state index is 13.4. The van der Waals surface area contributed by atoms with Gasteiger partial charge in [0.2, 0.25) is 0 Å². The van der Waals surface area contributed by atoms with E-state index in [1.165, 1.54) is 40.8 Å². The van der Waals surface area contributed by atoms with Crippen LogP contribution in [0.1, 0.15) is 204 Å². The van der Waals surface area contributed by atoms with Gasteiger partial charge >= 0.3 is 37.1 Å². The molecule has 0 spiro atoms. The number of hydrogen-bond donors (Lipinski definition) is 1. The molecule has 9 aromatic rings. The molecule has 10 atom stereocenters. The number of nitrogens with zero attached hydrogens (tertiary/aromatic N) is 6. The molecule has 124 heavy (non-hydrogen) atoms. The maximum absolute atomic E-state index is 13.4. The van der Waals surface area contributed by atoms with Crippen LogP contribution in [-0.4, -0.2) is 113 Å². The Morgan fingerprint density at radius 3 is 1.17 bits per heavy atom. The molecular formula is C86H88F18N6O11S3. The van der Waals surface area contributed by atoms with Crippen LogP contribution in [0.3, 0.4) is 0 Å². The van der Waals surface area contributed by atoms with Crippen LogP contribution in [0, 0.1) is 26.7 Å². The largest absolute Gasteiger partial charge is 0.417 e. The standard InChI is InChI=1S/C20H22F3NO3S.C18H18F3NO3S.C18H18F3NOS.C12H14F3NO.C11H12F3NO2.C7H4F3NO/c1-3-19(28(25,26)16-6-4-5-14(2)11-16)9-10-27-18(12-19)17-8-7-15(13-24-17)20(21,22)23;1-12-3-2-4-14(9-12)26(23,24)15-7-8-25-17(10-15)16-6-5-13(11-22-16)18(19,20)21;1-12-3-2-4-14(9-12)24-15-7-8-23-17(10-15)16-6-5-13(11-22-16)18(19,20)21;1-8-4-5-17-11(6-8)10-3-2-9(7-16-10)12(13,14)15;12-11(13,14)7-1-2-9(15-6-7)10-5-8(16)3-4-17-10;8-7(9,10)5-1-2-6(4-12)11-3-5/h4-8,11,13,18H,3,9-10,12H2,1-2H3;2-6,9,11,15,17H,7-8,10H2,1H3;2-6,9,11,15,17H,7-8,10H2,1H3;2-3,7-8,11H,4-6H2,1H3;1-2,6,8,10,16H,3-5H2;1-4H/t18?,19-;;;;;/m0...../s1. The fraction of sp³-hybridized carbons (Fsp3) is 0.430. The van der Waals surface area contributed by atoms with Gasteiger partial charge in [-0.15, -0.1) is 11.8 Å². The van der Waals surface area contributed by atoms with Gasteiger partial charge in [0.25, 0.3) is 0 Å². The van der Waals surface area contributed by atoms with Crippen molar-refractivity contribution in [2.75, 3.05) is 33.0 Å². The number of halogens is 18. The average molecular weight is 1820 g/mol. The molecule has 6 aromatic heterocycles. The molecule has 17 nitrogen and oxygen atoms in total. The van der Waals surface area contributed by atoms with E-state index in [2.05, 4.69) is 62.0 Å². The fourth-order valence-corrected chi connectivity index (χ4v) is 19.0. The first-order valence-electron chi connectivity index (χ1n) is 38.9. The first-order valence-corrected chi connectivity index (χ1v) is 42.8. The molecule has 5 aliphatic heterocycles. The molecule has 1 N–H and O–H groups in total. The van der Waals surface area contributed by atoms with Gasteiger partial charge in [-0.25, -0.2) is 16.8 Å². The van der Waals surface area contributed by atoms with E-state index in [9.17, 15) is 106 Å². The minimum atomic E-state index is -4.47. The number of rotatable bonds is 13. The predicted octanol–water partition coefficient (Wildman–Crippen LogP) is 22.2. The van der Waals surface area contributed by atoms with E-state index in [4.69, 9.17) is 23.7 Å². The molecule has 38 heteroatoms. The highest BCUT2D eigenvalue weighted by Gasteiger charge is 2.49. The zero-order valence-electron chi connectivity index (χ0n) is 67.1. The van der Waals surface area contributed by atoms with Gasteiger partial charge in [-0.05, 0) is 211 Å². The van der Waals surface area contributed by atoms with E-state index < -0.39 is 125 Å². The smallest absolute Gasteiger partial charge is 0.393 e. The molecule has 5 aliphatic rings. The van der Waals surface area contributed by atoms with Gasteiger partial charge < -0.3 is 28.8 Å². The van der Waals surface area contributed by atoms with Crippen molar-refractivity contribution in [3.05, 3.63) is 267 Å². The number of thioether (sulfide) groups is 1. The molecule has 0 radical (unpaired) electrons. The van der Waals surface area contributed by atoms with E-state index in [0.717, 1.165) is 110 Å². The topological polar surface area (TPSA) is 229 Å². The van der Waals surface area contributed by atoms with Crippen molar-refractivity contribution in [3.8, 4) is 0 Å². The minimum Gasteiger partial charge on any atom is -0.393 e. The quantitative estimate of drug-likeness (QED) is 0.0835. The second-order valence-corrected chi connectivity index (χ2v) is 35.9. The number of aldehydes is 1. The molecule has 11 heterocycles. The summed E-state index contributed by atoms with van der Waals surface area (Å²) in [5.74, 6) is 0.526. The number of aromatic nitrogens is 6. The number of aryl methyl sites for hydroxylation is 3. The van der Waals surface area contributed by atoms with Gasteiger partial charge in [0.15, 0.2) is 26.0 Å². The molecule has 0 saturated carbocycles. The van der Waals surface area contributed by atoms with Crippen LogP contribution < -0.4 is 0 Å². The number of hydrogen-bond acceptors (Lipinski definition) is 18. The highest BCUT2D eigenvalue weighted by molar-refractivity contribution is 8.00. The first kappa shape index (κ1) is 98.8. The average Bonchev–Trinajstić information content (AvgIpc) is 0.749. The number of benzene rings is 3. The lowest BCUT2D eigenvalue weighted by Crippen LogP contribution is -2.44. The molecule has 5 saturated heterocycles. The SMILES string of the molecule is CC1CCOC(c2ccc(C(F)(F)F)cn2)C1.CC[C@]1(S(=O)(=O)c2cccc(C)c2)CCOC(c2ccc(C(F)(F)F)cn2)C1.Cc1cccc(S(=O)(=O)C2CCOC(c3ccc(C(F)(F)F)cn3)C2)c1.Cc1cccc(SC2CCOC(c3ccc(C(F)(F)F)cn3)C2)c1.O=Cc1ccc(C(F)(F)F)cn1.OC1CCOC(c2ccc(C(F)(F)F)cn2)C1. The van der Waals surface area contributed by atoms with Gasteiger partial charge in [0.05, 0.1) is 93.8 Å². The van der Waals surface area contributed by atoms with Crippen LogP contribution in [0.25, 0.3) is 0 Å². The summed E-state index contributed by atoms with van der Waals surface area (Å²) in [5, 5.41) is 9.15. The monoisotopic (exact) mass is 1820 g/mol. The molecule has 14 rings (SSSR count). The van der Waals surface area contributed by atoms with E-state index >= 15 is 0 Å².